The second kappa shape index (κ2) is 4.93. The summed E-state index contributed by atoms with van der Waals surface area (Å²) < 4.78 is 5.08. The van der Waals surface area contributed by atoms with Crippen molar-refractivity contribution in [2.75, 3.05) is 6.73 Å². The van der Waals surface area contributed by atoms with E-state index in [1.165, 1.54) is 6.26 Å². The Bertz CT molecular complexity index is 94.0. The summed E-state index contributed by atoms with van der Waals surface area (Å²) in [6, 6.07) is 0. The van der Waals surface area contributed by atoms with E-state index < -0.39 is 0 Å². The fraction of sp³-hybridized carbons (Fsp3) is 0.250. The van der Waals surface area contributed by atoms with Crippen LogP contribution in [0.4, 0.5) is 0 Å². The number of hydrogen-bond acceptors (Lipinski definition) is 2. The molecule has 0 saturated heterocycles. The first-order chi connectivity index (χ1) is 3.77. The largest absolute Gasteiger partial charge is 0.482 e. The van der Waals surface area contributed by atoms with Crippen LogP contribution in [0.5, 0.6) is 0 Å². The Morgan fingerprint density at radius 3 is 3.00 bits per heavy atom. The van der Waals surface area contributed by atoms with Crippen LogP contribution < -0.4 is 5.32 Å². The monoisotopic (exact) mass is 149 g/mol. The van der Waals surface area contributed by atoms with Crippen molar-refractivity contribution >= 4 is 29.2 Å². The Kier molecular flexibility index (Phi) is 4.79. The lowest BCUT2D eigenvalue weighted by Gasteiger charge is -1.99. The second-order valence-corrected chi connectivity index (χ2v) is 2.12. The molecule has 0 atom stereocenters. The number of rotatable bonds is 3. The minimum Gasteiger partial charge on any atom is -0.482 e. The molecule has 0 saturated carbocycles. The van der Waals surface area contributed by atoms with Gasteiger partial charge in [0.1, 0.15) is 4.32 Å². The molecule has 0 spiro atoms. The number of ether oxygens (including phenoxy) is 1. The minimum atomic E-state index is 0.339. The van der Waals surface area contributed by atoms with Crippen molar-refractivity contribution in [1.29, 1.82) is 0 Å². The van der Waals surface area contributed by atoms with Crippen LogP contribution in [0.25, 0.3) is 0 Å². The van der Waals surface area contributed by atoms with Gasteiger partial charge in [0.25, 0.3) is 0 Å². The lowest BCUT2D eigenvalue weighted by molar-refractivity contribution is 0.245. The first-order valence-electron chi connectivity index (χ1n) is 1.96. The quantitative estimate of drug-likeness (QED) is 0.205. The van der Waals surface area contributed by atoms with Gasteiger partial charge >= 0.3 is 0 Å². The molecular weight excluding hydrogens is 142 g/mol. The van der Waals surface area contributed by atoms with Gasteiger partial charge in [-0.1, -0.05) is 18.8 Å². The molecule has 0 aromatic carbocycles. The van der Waals surface area contributed by atoms with Crippen LogP contribution >= 0.6 is 24.8 Å². The van der Waals surface area contributed by atoms with Crippen molar-refractivity contribution in [3.05, 3.63) is 12.8 Å². The summed E-state index contributed by atoms with van der Waals surface area (Å²) in [5.41, 5.74) is 0. The highest BCUT2D eigenvalue weighted by Gasteiger charge is 1.80. The summed E-state index contributed by atoms with van der Waals surface area (Å²) in [7, 11) is 0. The van der Waals surface area contributed by atoms with Crippen LogP contribution in [0.3, 0.4) is 0 Å². The molecule has 0 amide bonds. The lowest BCUT2D eigenvalue weighted by atomic mass is 11.1. The van der Waals surface area contributed by atoms with Gasteiger partial charge in [0, 0.05) is 0 Å². The van der Waals surface area contributed by atoms with Crippen molar-refractivity contribution in [3.8, 4) is 0 Å². The van der Waals surface area contributed by atoms with Gasteiger partial charge in [-0.2, -0.15) is 0 Å². The molecule has 46 valence electrons. The molecule has 0 aliphatic carbocycles. The Morgan fingerprint density at radius 1 is 2.00 bits per heavy atom. The molecule has 0 bridgehead atoms. The number of thiocarbonyl (C=S) groups is 1. The van der Waals surface area contributed by atoms with E-state index in [1.807, 2.05) is 0 Å². The topological polar surface area (TPSA) is 21.3 Å². The van der Waals surface area contributed by atoms with Crippen LogP contribution in [-0.4, -0.2) is 11.1 Å². The van der Waals surface area contributed by atoms with E-state index in [-0.39, 0.29) is 0 Å². The normalized spacial score (nSPS) is 7.62. The number of hydrogen-bond donors (Lipinski definition) is 2. The first kappa shape index (κ1) is 7.78. The highest BCUT2D eigenvalue weighted by atomic mass is 32.1. The molecule has 0 heterocycles. The van der Waals surface area contributed by atoms with Gasteiger partial charge in [-0.15, -0.1) is 12.6 Å². The molecule has 0 fully saturated rings. The zero-order chi connectivity index (χ0) is 6.41. The maximum Gasteiger partial charge on any atom is 0.159 e. The third kappa shape index (κ3) is 5.78. The highest BCUT2D eigenvalue weighted by Crippen LogP contribution is 1.76. The van der Waals surface area contributed by atoms with Gasteiger partial charge in [-0.3, -0.25) is 0 Å². The van der Waals surface area contributed by atoms with Crippen LogP contribution in [-0.2, 0) is 4.74 Å². The van der Waals surface area contributed by atoms with Crippen molar-refractivity contribution in [2.24, 2.45) is 0 Å². The summed E-state index contributed by atoms with van der Waals surface area (Å²) in [5.74, 6) is 0. The van der Waals surface area contributed by atoms with Gasteiger partial charge < -0.3 is 10.1 Å². The van der Waals surface area contributed by atoms with Crippen LogP contribution in [0, 0.1) is 0 Å². The van der Waals surface area contributed by atoms with Gasteiger partial charge in [0.2, 0.25) is 0 Å². The molecule has 0 unspecified atom stereocenters. The standard InChI is InChI=1S/C4H7NOS2/c1-2-6-3-5-4(7)8/h2H,1,3H2,(H2,5,7,8). The predicted molar refractivity (Wildman–Crippen MR) is 40.9 cm³/mol. The summed E-state index contributed by atoms with van der Waals surface area (Å²) in [6.45, 7) is 3.67. The summed E-state index contributed by atoms with van der Waals surface area (Å²) in [4.78, 5) is 0. The molecule has 0 aliphatic rings. The smallest absolute Gasteiger partial charge is 0.159 e. The maximum absolute atomic E-state index is 4.66. The van der Waals surface area contributed by atoms with Crippen LogP contribution in [0.2, 0.25) is 0 Å². The fourth-order valence-corrected chi connectivity index (χ4v) is 0.286. The van der Waals surface area contributed by atoms with Crippen LogP contribution in [0.15, 0.2) is 12.8 Å². The SMILES string of the molecule is C=COCNC(=S)S. The van der Waals surface area contributed by atoms with E-state index in [2.05, 4.69) is 41.5 Å². The Labute approximate surface area is 59.3 Å². The molecule has 8 heavy (non-hydrogen) atoms. The van der Waals surface area contributed by atoms with E-state index in [0.29, 0.717) is 11.1 Å². The minimum absolute atomic E-state index is 0.339. The van der Waals surface area contributed by atoms with Gasteiger partial charge in [0.15, 0.2) is 6.73 Å². The van der Waals surface area contributed by atoms with Crippen molar-refractivity contribution in [1.82, 2.24) is 5.32 Å². The van der Waals surface area contributed by atoms with Crippen molar-refractivity contribution < 1.29 is 4.74 Å². The second-order valence-electron chi connectivity index (χ2n) is 0.960. The molecule has 0 aromatic rings. The average Bonchev–Trinajstić information content (AvgIpc) is 1.66. The molecule has 2 nitrogen and oxygen atoms in total. The van der Waals surface area contributed by atoms with E-state index in [0.717, 1.165) is 0 Å². The van der Waals surface area contributed by atoms with Gasteiger partial charge in [-0.25, -0.2) is 0 Å². The number of nitrogens with one attached hydrogen (secondary N) is 1. The maximum atomic E-state index is 4.66. The number of thiol groups is 1. The predicted octanol–water partition coefficient (Wildman–Crippen LogP) is 0.908. The first-order valence-corrected chi connectivity index (χ1v) is 2.82. The Balaban J connectivity index is 2.93. The third-order valence-corrected chi connectivity index (χ3v) is 0.727. The van der Waals surface area contributed by atoms with E-state index >= 15 is 0 Å². The zero-order valence-corrected chi connectivity index (χ0v) is 5.97. The van der Waals surface area contributed by atoms with E-state index in [1.54, 1.807) is 0 Å². The third-order valence-electron chi connectivity index (χ3n) is 0.425. The molecule has 0 radical (unpaired) electrons. The summed E-state index contributed by atoms with van der Waals surface area (Å²) in [6.07, 6.45) is 1.33. The highest BCUT2D eigenvalue weighted by molar-refractivity contribution is 8.11. The molecule has 0 aromatic heterocycles. The molecule has 0 rings (SSSR count). The van der Waals surface area contributed by atoms with Crippen molar-refractivity contribution in [2.45, 2.75) is 0 Å². The Hall–Kier alpha value is -0.220. The molecule has 0 aliphatic heterocycles. The molecular formula is C4H7NOS2. The van der Waals surface area contributed by atoms with Gasteiger partial charge in [-0.05, 0) is 0 Å². The lowest BCUT2D eigenvalue weighted by Crippen LogP contribution is -2.18. The molecule has 4 heteroatoms. The van der Waals surface area contributed by atoms with E-state index in [9.17, 15) is 0 Å². The average molecular weight is 149 g/mol. The van der Waals surface area contributed by atoms with Crippen LogP contribution in [0.1, 0.15) is 0 Å². The fourth-order valence-electron chi connectivity index (χ4n) is 0.162. The molecule has 1 N–H and O–H groups in total. The summed E-state index contributed by atoms with van der Waals surface area (Å²) in [5, 5.41) is 2.65. The van der Waals surface area contributed by atoms with Gasteiger partial charge in [0.05, 0.1) is 6.26 Å². The summed E-state index contributed by atoms with van der Waals surface area (Å²) >= 11 is 8.32. The Morgan fingerprint density at radius 2 is 2.62 bits per heavy atom. The van der Waals surface area contributed by atoms with Crippen molar-refractivity contribution in [3.63, 3.8) is 0 Å². The zero-order valence-electron chi connectivity index (χ0n) is 4.26. The van der Waals surface area contributed by atoms with E-state index in [4.69, 9.17) is 0 Å².